The number of hydrogen-bond donors (Lipinski definition) is 2. The fourth-order valence-corrected chi connectivity index (χ4v) is 2.19. The van der Waals surface area contributed by atoms with E-state index < -0.39 is 0 Å². The SMILES string of the molecule is CCCn1ccnc1C(NCC)c1cccc(=O)[nH]1. The summed E-state index contributed by atoms with van der Waals surface area (Å²) in [5.41, 5.74) is 0.756. The molecule has 5 nitrogen and oxygen atoms in total. The molecule has 0 spiro atoms. The molecule has 0 fully saturated rings. The Bertz CT molecular complexity index is 573. The van der Waals surface area contributed by atoms with E-state index in [-0.39, 0.29) is 11.6 Å². The van der Waals surface area contributed by atoms with E-state index in [1.54, 1.807) is 12.3 Å². The van der Waals surface area contributed by atoms with E-state index in [4.69, 9.17) is 0 Å². The molecule has 5 heteroatoms. The minimum Gasteiger partial charge on any atom is -0.333 e. The number of pyridine rings is 1. The lowest BCUT2D eigenvalue weighted by atomic mass is 10.1. The van der Waals surface area contributed by atoms with Crippen LogP contribution in [-0.2, 0) is 6.54 Å². The van der Waals surface area contributed by atoms with Gasteiger partial charge in [-0.05, 0) is 19.0 Å². The normalized spacial score (nSPS) is 12.5. The Morgan fingerprint density at radius 2 is 2.26 bits per heavy atom. The lowest BCUT2D eigenvalue weighted by molar-refractivity contribution is 0.534. The topological polar surface area (TPSA) is 62.7 Å². The summed E-state index contributed by atoms with van der Waals surface area (Å²) >= 11 is 0. The zero-order valence-corrected chi connectivity index (χ0v) is 11.4. The quantitative estimate of drug-likeness (QED) is 0.830. The van der Waals surface area contributed by atoms with Gasteiger partial charge in [0.25, 0.3) is 0 Å². The number of aromatic nitrogens is 3. The molecule has 1 atom stereocenters. The smallest absolute Gasteiger partial charge is 0.248 e. The van der Waals surface area contributed by atoms with E-state index in [0.717, 1.165) is 31.0 Å². The van der Waals surface area contributed by atoms with Gasteiger partial charge in [-0.15, -0.1) is 0 Å². The van der Waals surface area contributed by atoms with Crippen molar-refractivity contribution in [3.63, 3.8) is 0 Å². The van der Waals surface area contributed by atoms with Crippen LogP contribution in [-0.4, -0.2) is 21.1 Å². The number of aryl methyl sites for hydroxylation is 1. The molecule has 0 radical (unpaired) electrons. The van der Waals surface area contributed by atoms with Crippen molar-refractivity contribution in [3.05, 3.63) is 52.5 Å². The predicted molar refractivity (Wildman–Crippen MR) is 75.1 cm³/mol. The summed E-state index contributed by atoms with van der Waals surface area (Å²) in [6.45, 7) is 5.91. The molecule has 2 aromatic rings. The first-order chi connectivity index (χ1) is 9.26. The molecular formula is C14H20N4O. The van der Waals surface area contributed by atoms with Crippen LogP contribution in [0, 0.1) is 0 Å². The third-order valence-electron chi connectivity index (χ3n) is 2.98. The Labute approximate surface area is 112 Å². The zero-order chi connectivity index (χ0) is 13.7. The van der Waals surface area contributed by atoms with Gasteiger partial charge in [0.1, 0.15) is 11.9 Å². The summed E-state index contributed by atoms with van der Waals surface area (Å²) in [6, 6.07) is 5.12. The van der Waals surface area contributed by atoms with Crippen molar-refractivity contribution in [1.29, 1.82) is 0 Å². The van der Waals surface area contributed by atoms with Crippen LogP contribution >= 0.6 is 0 Å². The van der Waals surface area contributed by atoms with Crippen molar-refractivity contribution in [2.75, 3.05) is 6.54 Å². The average molecular weight is 260 g/mol. The van der Waals surface area contributed by atoms with Crippen molar-refractivity contribution in [2.24, 2.45) is 0 Å². The second-order valence-electron chi connectivity index (χ2n) is 4.44. The van der Waals surface area contributed by atoms with Gasteiger partial charge in [0.05, 0.1) is 0 Å². The lowest BCUT2D eigenvalue weighted by Gasteiger charge is -2.19. The number of nitrogens with one attached hydrogen (secondary N) is 2. The Balaban J connectivity index is 2.39. The highest BCUT2D eigenvalue weighted by atomic mass is 16.1. The highest BCUT2D eigenvalue weighted by molar-refractivity contribution is 5.18. The molecule has 2 aromatic heterocycles. The molecular weight excluding hydrogens is 240 g/mol. The molecule has 0 bridgehead atoms. The van der Waals surface area contributed by atoms with Crippen LogP contribution in [0.25, 0.3) is 0 Å². The number of hydrogen-bond acceptors (Lipinski definition) is 3. The monoisotopic (exact) mass is 260 g/mol. The highest BCUT2D eigenvalue weighted by Crippen LogP contribution is 2.18. The van der Waals surface area contributed by atoms with Gasteiger partial charge in [-0.25, -0.2) is 4.98 Å². The molecule has 0 aliphatic heterocycles. The maximum atomic E-state index is 11.5. The van der Waals surface area contributed by atoms with E-state index in [0.29, 0.717) is 0 Å². The Hall–Kier alpha value is -1.88. The summed E-state index contributed by atoms with van der Waals surface area (Å²) in [4.78, 5) is 18.8. The largest absolute Gasteiger partial charge is 0.333 e. The Morgan fingerprint density at radius 3 is 2.95 bits per heavy atom. The molecule has 2 N–H and O–H groups in total. The fourth-order valence-electron chi connectivity index (χ4n) is 2.19. The van der Waals surface area contributed by atoms with Crippen LogP contribution in [0.1, 0.15) is 37.8 Å². The third kappa shape index (κ3) is 3.12. The number of aromatic amines is 1. The minimum atomic E-state index is -0.0889. The molecule has 1 unspecified atom stereocenters. The molecule has 0 saturated carbocycles. The maximum Gasteiger partial charge on any atom is 0.248 e. The van der Waals surface area contributed by atoms with Gasteiger partial charge in [0.15, 0.2) is 0 Å². The summed E-state index contributed by atoms with van der Waals surface area (Å²) in [7, 11) is 0. The van der Waals surface area contributed by atoms with Crippen molar-refractivity contribution in [1.82, 2.24) is 19.9 Å². The molecule has 19 heavy (non-hydrogen) atoms. The first-order valence-electron chi connectivity index (χ1n) is 6.70. The van der Waals surface area contributed by atoms with Crippen LogP contribution in [0.2, 0.25) is 0 Å². The number of rotatable bonds is 6. The van der Waals surface area contributed by atoms with Gasteiger partial charge in [-0.2, -0.15) is 0 Å². The van der Waals surface area contributed by atoms with Gasteiger partial charge >= 0.3 is 0 Å². The molecule has 0 aliphatic carbocycles. The average Bonchev–Trinajstić information content (AvgIpc) is 2.84. The second-order valence-corrected chi connectivity index (χ2v) is 4.44. The zero-order valence-electron chi connectivity index (χ0n) is 11.4. The van der Waals surface area contributed by atoms with Gasteiger partial charge in [0, 0.05) is 30.7 Å². The van der Waals surface area contributed by atoms with Gasteiger partial charge in [0.2, 0.25) is 5.56 Å². The van der Waals surface area contributed by atoms with Crippen molar-refractivity contribution < 1.29 is 0 Å². The third-order valence-corrected chi connectivity index (χ3v) is 2.98. The number of imidazole rings is 1. The van der Waals surface area contributed by atoms with Gasteiger partial charge in [-0.3, -0.25) is 4.79 Å². The standard InChI is InChI=1S/C14H20N4O/c1-3-9-18-10-8-16-14(18)13(15-4-2)11-6-5-7-12(19)17-11/h5-8,10,13,15H,3-4,9H2,1-2H3,(H,17,19). The van der Waals surface area contributed by atoms with Crippen LogP contribution in [0.3, 0.4) is 0 Å². The van der Waals surface area contributed by atoms with Crippen molar-refractivity contribution in [3.8, 4) is 0 Å². The van der Waals surface area contributed by atoms with Crippen LogP contribution in [0.5, 0.6) is 0 Å². The molecule has 2 heterocycles. The minimum absolute atomic E-state index is 0.0829. The second kappa shape index (κ2) is 6.33. The Morgan fingerprint density at radius 1 is 1.42 bits per heavy atom. The van der Waals surface area contributed by atoms with E-state index in [1.165, 1.54) is 6.07 Å². The lowest BCUT2D eigenvalue weighted by Crippen LogP contribution is -2.27. The van der Waals surface area contributed by atoms with Crippen LogP contribution < -0.4 is 10.9 Å². The van der Waals surface area contributed by atoms with E-state index >= 15 is 0 Å². The highest BCUT2D eigenvalue weighted by Gasteiger charge is 2.18. The molecule has 0 aromatic carbocycles. The van der Waals surface area contributed by atoms with Crippen LogP contribution in [0.15, 0.2) is 35.4 Å². The van der Waals surface area contributed by atoms with E-state index in [2.05, 4.69) is 26.8 Å². The fraction of sp³-hybridized carbons (Fsp3) is 0.429. The summed E-state index contributed by atoms with van der Waals surface area (Å²) in [5.74, 6) is 0.936. The number of nitrogens with zero attached hydrogens (tertiary/aromatic N) is 2. The summed E-state index contributed by atoms with van der Waals surface area (Å²) < 4.78 is 2.12. The van der Waals surface area contributed by atoms with E-state index in [1.807, 2.05) is 19.2 Å². The van der Waals surface area contributed by atoms with Gasteiger partial charge < -0.3 is 14.9 Å². The predicted octanol–water partition coefficient (Wildman–Crippen LogP) is 1.68. The summed E-state index contributed by atoms with van der Waals surface area (Å²) in [6.07, 6.45) is 4.83. The molecule has 0 saturated heterocycles. The van der Waals surface area contributed by atoms with Crippen molar-refractivity contribution in [2.45, 2.75) is 32.9 Å². The molecule has 0 amide bonds. The maximum absolute atomic E-state index is 11.5. The van der Waals surface area contributed by atoms with Gasteiger partial charge in [-0.1, -0.05) is 19.9 Å². The molecule has 2 rings (SSSR count). The van der Waals surface area contributed by atoms with Crippen molar-refractivity contribution >= 4 is 0 Å². The molecule has 0 aliphatic rings. The summed E-state index contributed by atoms with van der Waals surface area (Å²) in [5, 5.41) is 3.37. The first kappa shape index (κ1) is 13.5. The molecule has 102 valence electrons. The first-order valence-corrected chi connectivity index (χ1v) is 6.70. The van der Waals surface area contributed by atoms with Crippen LogP contribution in [0.4, 0.5) is 0 Å². The number of H-pyrrole nitrogens is 1. The van der Waals surface area contributed by atoms with E-state index in [9.17, 15) is 4.79 Å². The Kier molecular flexibility index (Phi) is 4.52.